The smallest absolute Gasteiger partial charge is 0.406 e. The number of rotatable bonds is 7. The topological polar surface area (TPSA) is 47.2 Å². The molecule has 3 rings (SSSR count). The zero-order valence-electron chi connectivity index (χ0n) is 16.1. The van der Waals surface area contributed by atoms with Crippen LogP contribution in [0.25, 0.3) is 0 Å². The van der Waals surface area contributed by atoms with E-state index in [0.29, 0.717) is 12.1 Å². The van der Waals surface area contributed by atoms with Crippen LogP contribution in [-0.4, -0.2) is 45.0 Å². The van der Waals surface area contributed by atoms with Crippen LogP contribution in [0.1, 0.15) is 12.0 Å². The molecule has 2 aromatic rings. The van der Waals surface area contributed by atoms with E-state index in [-0.39, 0.29) is 11.7 Å². The molecule has 0 bridgehead atoms. The molecule has 1 aliphatic heterocycles. The molecule has 0 aliphatic carbocycles. The van der Waals surface area contributed by atoms with Crippen LogP contribution in [0.2, 0.25) is 0 Å². The Kier molecular flexibility index (Phi) is 7.11. The summed E-state index contributed by atoms with van der Waals surface area (Å²) in [5, 5.41) is 2.72. The Hall–Kier alpha value is -2.58. The van der Waals surface area contributed by atoms with Crippen LogP contribution in [0.3, 0.4) is 0 Å². The fraction of sp³-hybridized carbons (Fsp3) is 0.381. The van der Waals surface area contributed by atoms with Crippen LogP contribution in [0.15, 0.2) is 54.6 Å². The van der Waals surface area contributed by atoms with Crippen molar-refractivity contribution in [3.63, 3.8) is 0 Å². The molecule has 3 N–H and O–H groups in total. The Balaban J connectivity index is 1.36. The van der Waals surface area contributed by atoms with Gasteiger partial charge in [-0.05, 0) is 24.3 Å². The Morgan fingerprint density at radius 1 is 0.931 bits per heavy atom. The highest BCUT2D eigenvalue weighted by atomic mass is 19.4. The van der Waals surface area contributed by atoms with Crippen LogP contribution in [0.4, 0.5) is 18.9 Å². The number of alkyl halides is 3. The lowest BCUT2D eigenvalue weighted by molar-refractivity contribution is -1.02. The molecule has 1 amide bonds. The Bertz CT molecular complexity index is 774. The van der Waals surface area contributed by atoms with Crippen molar-refractivity contribution in [2.45, 2.75) is 19.3 Å². The molecule has 1 aliphatic rings. The van der Waals surface area contributed by atoms with Crippen molar-refractivity contribution in [1.29, 1.82) is 0 Å². The second-order valence-corrected chi connectivity index (χ2v) is 7.28. The molecule has 0 radical (unpaired) electrons. The van der Waals surface area contributed by atoms with Crippen molar-refractivity contribution >= 4 is 11.6 Å². The highest BCUT2D eigenvalue weighted by Gasteiger charge is 2.31. The summed E-state index contributed by atoms with van der Waals surface area (Å²) in [6, 6.07) is 15.6. The fourth-order valence-corrected chi connectivity index (χ4v) is 3.52. The van der Waals surface area contributed by atoms with E-state index < -0.39 is 6.36 Å². The molecule has 2 aromatic carbocycles. The Morgan fingerprint density at radius 3 is 2.17 bits per heavy atom. The minimum atomic E-state index is -4.72. The number of halogens is 3. The number of benzene rings is 2. The van der Waals surface area contributed by atoms with Gasteiger partial charge in [-0.3, -0.25) is 4.79 Å². The third-order valence-corrected chi connectivity index (χ3v) is 5.04. The summed E-state index contributed by atoms with van der Waals surface area (Å²) < 4.78 is 40.3. The lowest BCUT2D eigenvalue weighted by Crippen LogP contribution is -3.27. The Labute approximate surface area is 168 Å². The van der Waals surface area contributed by atoms with Gasteiger partial charge in [0.2, 0.25) is 5.91 Å². The van der Waals surface area contributed by atoms with E-state index in [1.165, 1.54) is 34.7 Å². The highest BCUT2D eigenvalue weighted by Crippen LogP contribution is 2.23. The van der Waals surface area contributed by atoms with Crippen LogP contribution in [0, 0.1) is 0 Å². The van der Waals surface area contributed by atoms with E-state index >= 15 is 0 Å². The predicted octanol–water partition coefficient (Wildman–Crippen LogP) is 0.897. The second-order valence-electron chi connectivity index (χ2n) is 7.28. The molecule has 5 nitrogen and oxygen atoms in total. The SMILES string of the molecule is O=C(CC[NH+]1CC[NH+](Cc2ccccc2)CC1)Nc1ccc(OC(F)(F)F)cc1. The standard InChI is InChI=1S/C21H24F3N3O2/c22-21(23,24)29-19-8-6-18(7-9-19)25-20(28)10-11-26-12-14-27(15-13-26)16-17-4-2-1-3-5-17/h1-9H,10-16H2,(H,25,28)/p+2. The molecule has 1 fully saturated rings. The number of piperazine rings is 1. The summed E-state index contributed by atoms with van der Waals surface area (Å²) in [5.41, 5.74) is 1.80. The van der Waals surface area contributed by atoms with Gasteiger partial charge in [0, 0.05) is 11.3 Å². The number of nitrogens with one attached hydrogen (secondary N) is 3. The van der Waals surface area contributed by atoms with Gasteiger partial charge in [0.05, 0.1) is 13.0 Å². The van der Waals surface area contributed by atoms with Gasteiger partial charge in [0.25, 0.3) is 0 Å². The maximum absolute atomic E-state index is 12.2. The van der Waals surface area contributed by atoms with E-state index in [1.807, 2.05) is 6.07 Å². The molecular formula is C21H26F3N3O2+2. The first kappa shape index (κ1) is 21.1. The first-order valence-electron chi connectivity index (χ1n) is 9.74. The molecule has 156 valence electrons. The van der Waals surface area contributed by atoms with Crippen molar-refractivity contribution in [2.24, 2.45) is 0 Å². The van der Waals surface area contributed by atoms with E-state index in [4.69, 9.17) is 0 Å². The fourth-order valence-electron chi connectivity index (χ4n) is 3.52. The average Bonchev–Trinajstić information content (AvgIpc) is 2.69. The summed E-state index contributed by atoms with van der Waals surface area (Å²) in [6.07, 6.45) is -4.34. The van der Waals surface area contributed by atoms with E-state index in [1.54, 1.807) is 4.90 Å². The maximum Gasteiger partial charge on any atom is 0.573 e. The summed E-state index contributed by atoms with van der Waals surface area (Å²) in [5.74, 6) is -0.447. The number of quaternary nitrogens is 2. The van der Waals surface area contributed by atoms with Gasteiger partial charge in [0.1, 0.15) is 38.5 Å². The third-order valence-electron chi connectivity index (χ3n) is 5.04. The number of ether oxygens (including phenoxy) is 1. The normalized spacial score (nSPS) is 19.6. The van der Waals surface area contributed by atoms with E-state index in [0.717, 1.165) is 39.3 Å². The molecule has 1 saturated heterocycles. The number of hydrogen-bond donors (Lipinski definition) is 3. The summed E-state index contributed by atoms with van der Waals surface area (Å²) in [6.45, 7) is 5.99. The first-order chi connectivity index (χ1) is 13.9. The summed E-state index contributed by atoms with van der Waals surface area (Å²) in [4.78, 5) is 15.1. The van der Waals surface area contributed by atoms with Gasteiger partial charge in [-0.25, -0.2) is 0 Å². The van der Waals surface area contributed by atoms with Gasteiger partial charge in [0.15, 0.2) is 0 Å². The number of hydrogen-bond acceptors (Lipinski definition) is 2. The number of carbonyl (C=O) groups is 1. The van der Waals surface area contributed by atoms with Gasteiger partial charge in [-0.2, -0.15) is 0 Å². The van der Waals surface area contributed by atoms with Crippen LogP contribution in [-0.2, 0) is 11.3 Å². The molecular weight excluding hydrogens is 383 g/mol. The minimum absolute atomic E-state index is 0.138. The lowest BCUT2D eigenvalue weighted by atomic mass is 10.2. The van der Waals surface area contributed by atoms with Gasteiger partial charge in [-0.15, -0.1) is 13.2 Å². The van der Waals surface area contributed by atoms with Crippen molar-refractivity contribution in [3.05, 3.63) is 60.2 Å². The van der Waals surface area contributed by atoms with Gasteiger partial charge < -0.3 is 19.9 Å². The molecule has 0 atom stereocenters. The summed E-state index contributed by atoms with van der Waals surface area (Å²) >= 11 is 0. The van der Waals surface area contributed by atoms with Gasteiger partial charge >= 0.3 is 6.36 Å². The number of amides is 1. The van der Waals surface area contributed by atoms with Crippen LogP contribution in [0.5, 0.6) is 5.75 Å². The molecule has 0 saturated carbocycles. The predicted molar refractivity (Wildman–Crippen MR) is 103 cm³/mol. The van der Waals surface area contributed by atoms with E-state index in [2.05, 4.69) is 34.3 Å². The second kappa shape index (κ2) is 9.76. The van der Waals surface area contributed by atoms with Crippen LogP contribution < -0.4 is 19.9 Å². The molecule has 1 heterocycles. The number of carbonyl (C=O) groups excluding carboxylic acids is 1. The highest BCUT2D eigenvalue weighted by molar-refractivity contribution is 5.90. The van der Waals surface area contributed by atoms with Gasteiger partial charge in [-0.1, -0.05) is 30.3 Å². The maximum atomic E-state index is 12.2. The van der Waals surface area contributed by atoms with Crippen molar-refractivity contribution in [2.75, 3.05) is 38.0 Å². The Morgan fingerprint density at radius 2 is 1.55 bits per heavy atom. The molecule has 8 heteroatoms. The average molecular weight is 409 g/mol. The molecule has 0 aromatic heterocycles. The van der Waals surface area contributed by atoms with Crippen molar-refractivity contribution < 1.29 is 32.5 Å². The number of anilines is 1. The zero-order valence-corrected chi connectivity index (χ0v) is 16.1. The van der Waals surface area contributed by atoms with Crippen molar-refractivity contribution in [1.82, 2.24) is 0 Å². The molecule has 29 heavy (non-hydrogen) atoms. The zero-order chi connectivity index (χ0) is 20.7. The monoisotopic (exact) mass is 409 g/mol. The molecule has 0 unspecified atom stereocenters. The minimum Gasteiger partial charge on any atom is -0.406 e. The summed E-state index contributed by atoms with van der Waals surface area (Å²) in [7, 11) is 0. The molecule has 0 spiro atoms. The quantitative estimate of drug-likeness (QED) is 0.637. The van der Waals surface area contributed by atoms with Crippen LogP contribution >= 0.6 is 0 Å². The van der Waals surface area contributed by atoms with Crippen molar-refractivity contribution in [3.8, 4) is 5.75 Å². The first-order valence-corrected chi connectivity index (χ1v) is 9.74. The largest absolute Gasteiger partial charge is 0.573 e. The lowest BCUT2D eigenvalue weighted by Gasteiger charge is -2.29. The van der Waals surface area contributed by atoms with E-state index in [9.17, 15) is 18.0 Å². The third kappa shape index (κ3) is 7.40.